The Morgan fingerprint density at radius 3 is 1.95 bits per heavy atom. The minimum absolute atomic E-state index is 0.136. The van der Waals surface area contributed by atoms with Crippen LogP contribution in [0.25, 0.3) is 0 Å². The molecule has 0 aliphatic heterocycles. The van der Waals surface area contributed by atoms with E-state index in [1.54, 1.807) is 12.1 Å². The highest BCUT2D eigenvalue weighted by Crippen LogP contribution is 2.29. The molecule has 0 radical (unpaired) electrons. The topological polar surface area (TPSA) is 110 Å². The number of aliphatic hydroxyl groups excluding tert-OH is 3. The van der Waals surface area contributed by atoms with Gasteiger partial charge in [-0.05, 0) is 23.1 Å². The monoisotopic (exact) mass is 309 g/mol. The average Bonchev–Trinajstić information content (AvgIpc) is 2.49. The van der Waals surface area contributed by atoms with Crippen LogP contribution in [0, 0.1) is 0 Å². The van der Waals surface area contributed by atoms with Gasteiger partial charge < -0.3 is 20.4 Å². The minimum Gasteiger partial charge on any atom is -0.507 e. The highest BCUT2D eigenvalue weighted by atomic mass is 16.3. The lowest BCUT2D eigenvalue weighted by Crippen LogP contribution is -2.39. The predicted molar refractivity (Wildman–Crippen MR) is 83.8 cm³/mol. The van der Waals surface area contributed by atoms with E-state index in [0.29, 0.717) is 6.29 Å². The van der Waals surface area contributed by atoms with E-state index in [0.717, 1.165) is 5.56 Å². The van der Waals surface area contributed by atoms with Crippen molar-refractivity contribution in [2.75, 3.05) is 19.8 Å². The van der Waals surface area contributed by atoms with E-state index in [-0.39, 0.29) is 22.3 Å². The summed E-state index contributed by atoms with van der Waals surface area (Å²) in [6.07, 6.45) is 1.81. The number of benzene rings is 1. The third-order valence-corrected chi connectivity index (χ3v) is 3.52. The number of aliphatic imine (C=N–C) groups is 1. The number of phenols is 1. The fourth-order valence-electron chi connectivity index (χ4n) is 1.78. The Morgan fingerprint density at radius 2 is 1.55 bits per heavy atom. The number of carbonyl (C=O) groups is 1. The summed E-state index contributed by atoms with van der Waals surface area (Å²) in [5.74, 6) is -0.227. The van der Waals surface area contributed by atoms with Crippen molar-refractivity contribution < 1.29 is 25.2 Å². The molecule has 0 unspecified atom stereocenters. The highest BCUT2D eigenvalue weighted by molar-refractivity contribution is 5.91. The third kappa shape index (κ3) is 3.91. The van der Waals surface area contributed by atoms with Gasteiger partial charge in [-0.1, -0.05) is 20.8 Å². The van der Waals surface area contributed by atoms with Gasteiger partial charge in [0.1, 0.15) is 11.3 Å². The van der Waals surface area contributed by atoms with Crippen LogP contribution in [0.4, 0.5) is 0 Å². The van der Waals surface area contributed by atoms with Crippen LogP contribution in [-0.2, 0) is 5.41 Å². The molecule has 1 aromatic carbocycles. The number of carbonyl (C=O) groups excluding carboxylic acids is 1. The van der Waals surface area contributed by atoms with Gasteiger partial charge in [-0.3, -0.25) is 9.79 Å². The Hall–Kier alpha value is -1.76. The van der Waals surface area contributed by atoms with Crippen LogP contribution in [0.2, 0.25) is 0 Å². The molecule has 22 heavy (non-hydrogen) atoms. The summed E-state index contributed by atoms with van der Waals surface area (Å²) in [5.41, 5.74) is -0.413. The maximum atomic E-state index is 11.1. The van der Waals surface area contributed by atoms with Crippen molar-refractivity contribution in [2.45, 2.75) is 31.7 Å². The number of rotatable bonds is 6. The predicted octanol–water partition coefficient (Wildman–Crippen LogP) is 0.637. The smallest absolute Gasteiger partial charge is 0.153 e. The van der Waals surface area contributed by atoms with Gasteiger partial charge in [-0.2, -0.15) is 0 Å². The lowest BCUT2D eigenvalue weighted by atomic mass is 9.85. The van der Waals surface area contributed by atoms with Crippen molar-refractivity contribution in [3.8, 4) is 5.75 Å². The molecule has 6 heteroatoms. The standard InChI is InChI=1S/C16H23NO5/c1-15(2,3)13-4-11(14(22)12(5-13)7-18)6-17-16(8-19,9-20)10-21/h4-7,19-22H,8-10H2,1-3H3. The minimum atomic E-state index is -1.43. The van der Waals surface area contributed by atoms with Crippen LogP contribution < -0.4 is 0 Å². The lowest BCUT2D eigenvalue weighted by Gasteiger charge is -2.23. The maximum Gasteiger partial charge on any atom is 0.153 e. The van der Waals surface area contributed by atoms with Crippen molar-refractivity contribution in [3.63, 3.8) is 0 Å². The zero-order valence-electron chi connectivity index (χ0n) is 13.1. The first-order valence-corrected chi connectivity index (χ1v) is 6.93. The Labute approximate surface area is 129 Å². The highest BCUT2D eigenvalue weighted by Gasteiger charge is 2.26. The molecule has 0 fully saturated rings. The first-order chi connectivity index (χ1) is 10.2. The van der Waals surface area contributed by atoms with Crippen LogP contribution in [-0.4, -0.2) is 58.3 Å². The first-order valence-electron chi connectivity index (χ1n) is 6.93. The van der Waals surface area contributed by atoms with Crippen LogP contribution in [0.1, 0.15) is 42.3 Å². The summed E-state index contributed by atoms with van der Waals surface area (Å²) in [4.78, 5) is 15.1. The van der Waals surface area contributed by atoms with Gasteiger partial charge in [0.15, 0.2) is 6.29 Å². The van der Waals surface area contributed by atoms with E-state index in [1.807, 2.05) is 20.8 Å². The Morgan fingerprint density at radius 1 is 1.05 bits per heavy atom. The van der Waals surface area contributed by atoms with E-state index in [2.05, 4.69) is 4.99 Å². The molecule has 0 bridgehead atoms. The second-order valence-electron chi connectivity index (χ2n) is 6.33. The van der Waals surface area contributed by atoms with E-state index in [4.69, 9.17) is 0 Å². The van der Waals surface area contributed by atoms with E-state index < -0.39 is 25.4 Å². The van der Waals surface area contributed by atoms with Crippen molar-refractivity contribution in [1.29, 1.82) is 0 Å². The SMILES string of the molecule is CC(C)(C)c1cc(C=O)c(O)c(C=NC(CO)(CO)CO)c1. The van der Waals surface area contributed by atoms with Crippen LogP contribution >= 0.6 is 0 Å². The summed E-state index contributed by atoms with van der Waals surface area (Å²) in [5, 5.41) is 37.9. The molecule has 0 aromatic heterocycles. The van der Waals surface area contributed by atoms with Gasteiger partial charge in [0, 0.05) is 11.8 Å². The van der Waals surface area contributed by atoms with Crippen LogP contribution in [0.5, 0.6) is 5.75 Å². The molecule has 0 heterocycles. The van der Waals surface area contributed by atoms with E-state index in [9.17, 15) is 25.2 Å². The zero-order valence-corrected chi connectivity index (χ0v) is 13.1. The molecule has 6 nitrogen and oxygen atoms in total. The van der Waals surface area contributed by atoms with E-state index >= 15 is 0 Å². The molecular formula is C16H23NO5. The molecule has 1 aromatic rings. The molecule has 4 N–H and O–H groups in total. The quantitative estimate of drug-likeness (QED) is 0.455. The lowest BCUT2D eigenvalue weighted by molar-refractivity contribution is 0.0718. The normalized spacial score (nSPS) is 12.8. The van der Waals surface area contributed by atoms with Crippen molar-refractivity contribution in [3.05, 3.63) is 28.8 Å². The molecule has 0 saturated carbocycles. The van der Waals surface area contributed by atoms with Gasteiger partial charge in [0.05, 0.1) is 25.4 Å². The Balaban J connectivity index is 3.38. The number of hydrogen-bond donors (Lipinski definition) is 4. The van der Waals surface area contributed by atoms with Crippen molar-refractivity contribution in [1.82, 2.24) is 0 Å². The summed E-state index contributed by atoms with van der Waals surface area (Å²) in [6, 6.07) is 3.29. The molecule has 1 rings (SSSR count). The molecule has 0 atom stereocenters. The Kier molecular flexibility index (Phi) is 5.82. The number of phenolic OH excluding ortho intramolecular Hbond substituents is 1. The molecule has 0 aliphatic carbocycles. The van der Waals surface area contributed by atoms with Crippen molar-refractivity contribution in [2.24, 2.45) is 4.99 Å². The third-order valence-electron chi connectivity index (χ3n) is 3.52. The second kappa shape index (κ2) is 7.00. The van der Waals surface area contributed by atoms with E-state index in [1.165, 1.54) is 6.21 Å². The fourth-order valence-corrected chi connectivity index (χ4v) is 1.78. The largest absolute Gasteiger partial charge is 0.507 e. The van der Waals surface area contributed by atoms with Gasteiger partial charge in [-0.15, -0.1) is 0 Å². The van der Waals surface area contributed by atoms with Gasteiger partial charge in [-0.25, -0.2) is 0 Å². The molecule has 122 valence electrons. The molecular weight excluding hydrogens is 286 g/mol. The molecule has 0 aliphatic rings. The second-order valence-corrected chi connectivity index (χ2v) is 6.33. The number of aldehydes is 1. The zero-order chi connectivity index (χ0) is 17.0. The van der Waals surface area contributed by atoms with Crippen molar-refractivity contribution >= 4 is 12.5 Å². The molecule has 0 spiro atoms. The van der Waals surface area contributed by atoms with Crippen LogP contribution in [0.15, 0.2) is 17.1 Å². The average molecular weight is 309 g/mol. The van der Waals surface area contributed by atoms with Gasteiger partial charge in [0.2, 0.25) is 0 Å². The number of aromatic hydroxyl groups is 1. The fraction of sp³-hybridized carbons (Fsp3) is 0.500. The van der Waals surface area contributed by atoms with Gasteiger partial charge in [0.25, 0.3) is 0 Å². The summed E-state index contributed by atoms with van der Waals surface area (Å²) >= 11 is 0. The summed E-state index contributed by atoms with van der Waals surface area (Å²) in [6.45, 7) is 4.27. The molecule has 0 amide bonds. The van der Waals surface area contributed by atoms with Gasteiger partial charge >= 0.3 is 0 Å². The number of hydrogen-bond acceptors (Lipinski definition) is 6. The molecule has 0 saturated heterocycles. The summed E-state index contributed by atoms with van der Waals surface area (Å²) in [7, 11) is 0. The van der Waals surface area contributed by atoms with Crippen LogP contribution in [0.3, 0.4) is 0 Å². The summed E-state index contributed by atoms with van der Waals surface area (Å²) < 4.78 is 0. The maximum absolute atomic E-state index is 11.1. The Bertz CT molecular complexity index is 548. The first kappa shape index (κ1) is 18.3. The number of nitrogens with zero attached hydrogens (tertiary/aromatic N) is 1. The number of aliphatic hydroxyl groups is 3.